The summed E-state index contributed by atoms with van der Waals surface area (Å²) in [7, 11) is 0. The Bertz CT molecular complexity index is 440. The topological polar surface area (TPSA) is 86.5 Å². The van der Waals surface area contributed by atoms with E-state index in [0.29, 0.717) is 6.61 Å². The maximum Gasteiger partial charge on any atom is 0.361 e. The SMILES string of the molecule is CCCCOC[C@H](O)Cn1cc(C(=O)OC(C)(C)C)nn1. The fraction of sp³-hybridized carbons (Fsp3) is 0.786. The van der Waals surface area contributed by atoms with Gasteiger partial charge in [0.25, 0.3) is 0 Å². The maximum absolute atomic E-state index is 11.8. The number of hydrogen-bond donors (Lipinski definition) is 1. The summed E-state index contributed by atoms with van der Waals surface area (Å²) in [6.07, 6.45) is 2.80. The fourth-order valence-electron chi connectivity index (χ4n) is 1.55. The molecule has 1 atom stereocenters. The van der Waals surface area contributed by atoms with Gasteiger partial charge in [0.05, 0.1) is 25.5 Å². The van der Waals surface area contributed by atoms with E-state index in [0.717, 1.165) is 12.8 Å². The third-order valence-electron chi connectivity index (χ3n) is 2.50. The summed E-state index contributed by atoms with van der Waals surface area (Å²) in [6, 6.07) is 0. The highest BCUT2D eigenvalue weighted by Gasteiger charge is 2.20. The molecule has 0 radical (unpaired) electrons. The minimum Gasteiger partial charge on any atom is -0.455 e. The van der Waals surface area contributed by atoms with Gasteiger partial charge < -0.3 is 14.6 Å². The predicted octanol–water partition coefficient (Wildman–Crippen LogP) is 1.41. The van der Waals surface area contributed by atoms with Crippen molar-refractivity contribution in [1.82, 2.24) is 15.0 Å². The zero-order chi connectivity index (χ0) is 15.9. The molecule has 1 rings (SSSR count). The Hall–Kier alpha value is -1.47. The molecule has 1 aromatic rings. The van der Waals surface area contributed by atoms with Crippen molar-refractivity contribution in [2.75, 3.05) is 13.2 Å². The third kappa shape index (κ3) is 7.19. The number of aliphatic hydroxyl groups is 1. The molecule has 21 heavy (non-hydrogen) atoms. The number of carbonyl (C=O) groups is 1. The van der Waals surface area contributed by atoms with Crippen LogP contribution < -0.4 is 0 Å². The number of nitrogens with zero attached hydrogens (tertiary/aromatic N) is 3. The number of rotatable bonds is 8. The van der Waals surface area contributed by atoms with Crippen molar-refractivity contribution < 1.29 is 19.4 Å². The number of esters is 1. The molecule has 7 heteroatoms. The van der Waals surface area contributed by atoms with Gasteiger partial charge in [-0.05, 0) is 27.2 Å². The van der Waals surface area contributed by atoms with Crippen LogP contribution in [0.1, 0.15) is 51.0 Å². The Morgan fingerprint density at radius 2 is 2.19 bits per heavy atom. The van der Waals surface area contributed by atoms with Crippen molar-refractivity contribution in [3.8, 4) is 0 Å². The average molecular weight is 299 g/mol. The van der Waals surface area contributed by atoms with Crippen molar-refractivity contribution >= 4 is 5.97 Å². The zero-order valence-electron chi connectivity index (χ0n) is 13.2. The molecule has 7 nitrogen and oxygen atoms in total. The van der Waals surface area contributed by atoms with Crippen LogP contribution in [0.2, 0.25) is 0 Å². The van der Waals surface area contributed by atoms with Gasteiger partial charge in [-0.1, -0.05) is 18.6 Å². The van der Waals surface area contributed by atoms with E-state index in [1.54, 1.807) is 20.8 Å². The van der Waals surface area contributed by atoms with Gasteiger partial charge in [-0.15, -0.1) is 5.10 Å². The quantitative estimate of drug-likeness (QED) is 0.577. The molecule has 0 bridgehead atoms. The van der Waals surface area contributed by atoms with Crippen LogP contribution in [-0.2, 0) is 16.0 Å². The standard InChI is InChI=1S/C14H25N3O4/c1-5-6-7-20-10-11(18)8-17-9-12(15-16-17)13(19)21-14(2,3)4/h9,11,18H,5-8,10H2,1-4H3/t11-/m1/s1. The van der Waals surface area contributed by atoms with Crippen LogP contribution in [0.5, 0.6) is 0 Å². The molecular formula is C14H25N3O4. The van der Waals surface area contributed by atoms with E-state index < -0.39 is 17.7 Å². The second kappa shape index (κ2) is 8.09. The lowest BCUT2D eigenvalue weighted by Gasteiger charge is -2.18. The van der Waals surface area contributed by atoms with Crippen molar-refractivity contribution in [1.29, 1.82) is 0 Å². The summed E-state index contributed by atoms with van der Waals surface area (Å²) >= 11 is 0. The van der Waals surface area contributed by atoms with Crippen LogP contribution in [0.3, 0.4) is 0 Å². The molecular weight excluding hydrogens is 274 g/mol. The molecule has 0 aliphatic carbocycles. The van der Waals surface area contributed by atoms with E-state index >= 15 is 0 Å². The highest BCUT2D eigenvalue weighted by Crippen LogP contribution is 2.10. The number of unbranched alkanes of at least 4 members (excludes halogenated alkanes) is 1. The summed E-state index contributed by atoms with van der Waals surface area (Å²) in [5.74, 6) is -0.526. The summed E-state index contributed by atoms with van der Waals surface area (Å²) in [4.78, 5) is 11.8. The van der Waals surface area contributed by atoms with E-state index in [1.165, 1.54) is 10.9 Å². The zero-order valence-corrected chi connectivity index (χ0v) is 13.2. The van der Waals surface area contributed by atoms with Gasteiger partial charge in [-0.25, -0.2) is 9.48 Å². The fourth-order valence-corrected chi connectivity index (χ4v) is 1.55. The van der Waals surface area contributed by atoms with Crippen molar-refractivity contribution in [2.24, 2.45) is 0 Å². The van der Waals surface area contributed by atoms with E-state index in [9.17, 15) is 9.90 Å². The number of aliphatic hydroxyl groups excluding tert-OH is 1. The molecule has 0 unspecified atom stereocenters. The first-order valence-electron chi connectivity index (χ1n) is 7.21. The summed E-state index contributed by atoms with van der Waals surface area (Å²) in [5, 5.41) is 17.4. The Morgan fingerprint density at radius 3 is 2.81 bits per heavy atom. The monoisotopic (exact) mass is 299 g/mol. The van der Waals surface area contributed by atoms with Gasteiger partial charge >= 0.3 is 5.97 Å². The molecule has 0 aliphatic rings. The molecule has 0 aliphatic heterocycles. The maximum atomic E-state index is 11.8. The molecule has 0 fully saturated rings. The highest BCUT2D eigenvalue weighted by atomic mass is 16.6. The number of ether oxygens (including phenoxy) is 2. The first-order chi connectivity index (χ1) is 9.81. The van der Waals surface area contributed by atoms with Gasteiger partial charge in [0.15, 0.2) is 5.69 Å². The first-order valence-corrected chi connectivity index (χ1v) is 7.21. The lowest BCUT2D eigenvalue weighted by Crippen LogP contribution is -2.24. The summed E-state index contributed by atoms with van der Waals surface area (Å²) < 4.78 is 11.9. The molecule has 1 aromatic heterocycles. The first kappa shape index (κ1) is 17.6. The van der Waals surface area contributed by atoms with Crippen molar-refractivity contribution in [2.45, 2.75) is 58.8 Å². The molecule has 1 heterocycles. The lowest BCUT2D eigenvalue weighted by molar-refractivity contribution is 0.00623. The van der Waals surface area contributed by atoms with Crippen molar-refractivity contribution in [3.63, 3.8) is 0 Å². The smallest absolute Gasteiger partial charge is 0.361 e. The van der Waals surface area contributed by atoms with Crippen LogP contribution in [0.25, 0.3) is 0 Å². The number of aromatic nitrogens is 3. The molecule has 0 aromatic carbocycles. The molecule has 0 saturated carbocycles. The van der Waals surface area contributed by atoms with Gasteiger partial charge in [0, 0.05) is 6.61 Å². The van der Waals surface area contributed by atoms with E-state index in [-0.39, 0.29) is 18.8 Å². The normalized spacial score (nSPS) is 13.2. The Morgan fingerprint density at radius 1 is 1.48 bits per heavy atom. The molecule has 120 valence electrons. The minimum absolute atomic E-state index is 0.129. The Balaban J connectivity index is 2.42. The van der Waals surface area contributed by atoms with Crippen molar-refractivity contribution in [3.05, 3.63) is 11.9 Å². The summed E-state index contributed by atoms with van der Waals surface area (Å²) in [6.45, 7) is 8.52. The number of carbonyl (C=O) groups excluding carboxylic acids is 1. The van der Waals surface area contributed by atoms with E-state index in [4.69, 9.17) is 9.47 Å². The van der Waals surface area contributed by atoms with Crippen LogP contribution >= 0.6 is 0 Å². The minimum atomic E-state index is -0.685. The van der Waals surface area contributed by atoms with Gasteiger partial charge in [-0.3, -0.25) is 0 Å². The second-order valence-electron chi connectivity index (χ2n) is 5.91. The summed E-state index contributed by atoms with van der Waals surface area (Å²) in [5.41, 5.74) is -0.447. The lowest BCUT2D eigenvalue weighted by atomic mass is 10.2. The predicted molar refractivity (Wildman–Crippen MR) is 76.9 cm³/mol. The highest BCUT2D eigenvalue weighted by molar-refractivity contribution is 5.86. The van der Waals surface area contributed by atoms with Gasteiger partial charge in [-0.2, -0.15) is 0 Å². The largest absolute Gasteiger partial charge is 0.455 e. The van der Waals surface area contributed by atoms with Gasteiger partial charge in [0.1, 0.15) is 5.60 Å². The number of hydrogen-bond acceptors (Lipinski definition) is 6. The Kier molecular flexibility index (Phi) is 6.77. The van der Waals surface area contributed by atoms with Crippen LogP contribution in [0.4, 0.5) is 0 Å². The molecule has 1 N–H and O–H groups in total. The average Bonchev–Trinajstić information content (AvgIpc) is 2.81. The van der Waals surface area contributed by atoms with E-state index in [2.05, 4.69) is 17.2 Å². The van der Waals surface area contributed by atoms with Crippen LogP contribution in [0, 0.1) is 0 Å². The second-order valence-corrected chi connectivity index (χ2v) is 5.91. The molecule has 0 saturated heterocycles. The molecule has 0 amide bonds. The molecule has 0 spiro atoms. The Labute approximate surface area is 125 Å². The van der Waals surface area contributed by atoms with Gasteiger partial charge in [0.2, 0.25) is 0 Å². The van der Waals surface area contributed by atoms with Crippen LogP contribution in [0.15, 0.2) is 6.20 Å². The van der Waals surface area contributed by atoms with Crippen LogP contribution in [-0.4, -0.2) is 51.0 Å². The van der Waals surface area contributed by atoms with E-state index in [1.807, 2.05) is 0 Å². The third-order valence-corrected chi connectivity index (χ3v) is 2.50.